The average molecular weight is 361 g/mol. The summed E-state index contributed by atoms with van der Waals surface area (Å²) in [4.78, 5) is 35.4. The van der Waals surface area contributed by atoms with Gasteiger partial charge >= 0.3 is 0 Å². The molecule has 0 aliphatic rings. The molecular weight excluding hydrogens is 344 g/mol. The van der Waals surface area contributed by atoms with Crippen LogP contribution in [-0.2, 0) is 9.59 Å². The van der Waals surface area contributed by atoms with Crippen LogP contribution in [0.15, 0.2) is 42.5 Å². The molecule has 0 aliphatic carbocycles. The molecule has 0 aromatic heterocycles. The Morgan fingerprint density at radius 2 is 1.76 bits per heavy atom. The Morgan fingerprint density at radius 3 is 2.44 bits per heavy atom. The second kappa shape index (κ2) is 8.30. The SMILES string of the molecule is COc1ccc(Cl)cc1NC(=O)CC(=O)Nc1cccc(C(C)=O)c1. The minimum atomic E-state index is -0.513. The van der Waals surface area contributed by atoms with Crippen molar-refractivity contribution in [3.05, 3.63) is 53.1 Å². The van der Waals surface area contributed by atoms with Crippen molar-refractivity contribution in [2.24, 2.45) is 0 Å². The van der Waals surface area contributed by atoms with Gasteiger partial charge in [-0.1, -0.05) is 23.7 Å². The van der Waals surface area contributed by atoms with Gasteiger partial charge in [0.2, 0.25) is 11.8 Å². The molecular formula is C18H17ClN2O4. The first-order valence-electron chi connectivity index (χ1n) is 7.43. The third-order valence-corrected chi connectivity index (χ3v) is 3.54. The van der Waals surface area contributed by atoms with Gasteiger partial charge in [-0.05, 0) is 37.3 Å². The number of rotatable bonds is 6. The van der Waals surface area contributed by atoms with Crippen LogP contribution in [0.1, 0.15) is 23.7 Å². The van der Waals surface area contributed by atoms with E-state index in [0.717, 1.165) is 0 Å². The highest BCUT2D eigenvalue weighted by molar-refractivity contribution is 6.31. The van der Waals surface area contributed by atoms with Gasteiger partial charge in [0.15, 0.2) is 5.78 Å². The monoisotopic (exact) mass is 360 g/mol. The van der Waals surface area contributed by atoms with Crippen molar-refractivity contribution in [3.8, 4) is 5.75 Å². The maximum absolute atomic E-state index is 12.0. The topological polar surface area (TPSA) is 84.5 Å². The second-order valence-corrected chi connectivity index (χ2v) is 5.69. The quantitative estimate of drug-likeness (QED) is 0.609. The van der Waals surface area contributed by atoms with Crippen molar-refractivity contribution >= 4 is 40.6 Å². The van der Waals surface area contributed by atoms with Crippen LogP contribution in [0, 0.1) is 0 Å². The van der Waals surface area contributed by atoms with Crippen LogP contribution < -0.4 is 15.4 Å². The van der Waals surface area contributed by atoms with E-state index in [2.05, 4.69) is 10.6 Å². The Hall–Kier alpha value is -2.86. The Balaban J connectivity index is 1.99. The fourth-order valence-corrected chi connectivity index (χ4v) is 2.31. The summed E-state index contributed by atoms with van der Waals surface area (Å²) in [6, 6.07) is 11.3. The first-order valence-corrected chi connectivity index (χ1v) is 7.81. The van der Waals surface area contributed by atoms with Crippen molar-refractivity contribution in [1.82, 2.24) is 0 Å². The van der Waals surface area contributed by atoms with E-state index in [4.69, 9.17) is 16.3 Å². The molecule has 0 aliphatic heterocycles. The Kier molecular flexibility index (Phi) is 6.14. The first kappa shape index (κ1) is 18.5. The molecule has 0 bridgehead atoms. The van der Waals surface area contributed by atoms with E-state index in [1.807, 2.05) is 0 Å². The van der Waals surface area contributed by atoms with Crippen molar-refractivity contribution in [1.29, 1.82) is 0 Å². The zero-order valence-corrected chi connectivity index (χ0v) is 14.5. The smallest absolute Gasteiger partial charge is 0.233 e. The van der Waals surface area contributed by atoms with Crippen LogP contribution in [0.3, 0.4) is 0 Å². The van der Waals surface area contributed by atoms with E-state index in [0.29, 0.717) is 27.7 Å². The number of Topliss-reactive ketones (excluding diaryl/α,β-unsaturated/α-hetero) is 1. The average Bonchev–Trinajstić information content (AvgIpc) is 2.55. The van der Waals surface area contributed by atoms with Gasteiger partial charge in [-0.2, -0.15) is 0 Å². The summed E-state index contributed by atoms with van der Waals surface area (Å²) >= 11 is 5.90. The lowest BCUT2D eigenvalue weighted by molar-refractivity contribution is -0.123. The fraction of sp³-hybridized carbons (Fsp3) is 0.167. The van der Waals surface area contributed by atoms with Gasteiger partial charge in [0.05, 0.1) is 12.8 Å². The molecule has 2 rings (SSSR count). The lowest BCUT2D eigenvalue weighted by Crippen LogP contribution is -2.21. The molecule has 2 N–H and O–H groups in total. The van der Waals surface area contributed by atoms with Crippen LogP contribution in [-0.4, -0.2) is 24.7 Å². The van der Waals surface area contributed by atoms with E-state index >= 15 is 0 Å². The van der Waals surface area contributed by atoms with E-state index in [-0.39, 0.29) is 12.2 Å². The van der Waals surface area contributed by atoms with E-state index in [1.165, 1.54) is 20.1 Å². The van der Waals surface area contributed by atoms with Crippen molar-refractivity contribution in [3.63, 3.8) is 0 Å². The number of hydrogen-bond acceptors (Lipinski definition) is 4. The molecule has 0 atom stereocenters. The van der Waals surface area contributed by atoms with E-state index in [1.54, 1.807) is 36.4 Å². The summed E-state index contributed by atoms with van der Waals surface area (Å²) in [6.45, 7) is 1.44. The van der Waals surface area contributed by atoms with Gasteiger partial charge in [-0.15, -0.1) is 0 Å². The molecule has 0 unspecified atom stereocenters. The maximum Gasteiger partial charge on any atom is 0.233 e. The highest BCUT2D eigenvalue weighted by atomic mass is 35.5. The number of methoxy groups -OCH3 is 1. The number of halogens is 1. The number of nitrogens with one attached hydrogen (secondary N) is 2. The minimum absolute atomic E-state index is 0.109. The van der Waals surface area contributed by atoms with Crippen LogP contribution in [0.25, 0.3) is 0 Å². The van der Waals surface area contributed by atoms with Gasteiger partial charge in [0.1, 0.15) is 12.2 Å². The lowest BCUT2D eigenvalue weighted by Gasteiger charge is -2.11. The molecule has 130 valence electrons. The van der Waals surface area contributed by atoms with E-state index < -0.39 is 11.8 Å². The molecule has 0 spiro atoms. The predicted molar refractivity (Wildman–Crippen MR) is 96.3 cm³/mol. The number of hydrogen-bond donors (Lipinski definition) is 2. The molecule has 7 heteroatoms. The molecule has 25 heavy (non-hydrogen) atoms. The number of ketones is 1. The molecule has 2 amide bonds. The summed E-state index contributed by atoms with van der Waals surface area (Å²) < 4.78 is 5.13. The standard InChI is InChI=1S/C18H17ClN2O4/c1-11(22)12-4-3-5-14(8-12)20-17(23)10-18(24)21-15-9-13(19)6-7-16(15)25-2/h3-9H,10H2,1-2H3,(H,20,23)(H,21,24). The summed E-state index contributed by atoms with van der Waals surface area (Å²) in [7, 11) is 1.47. The first-order chi connectivity index (χ1) is 11.9. The maximum atomic E-state index is 12.0. The van der Waals surface area contributed by atoms with Gasteiger partial charge < -0.3 is 15.4 Å². The zero-order valence-electron chi connectivity index (χ0n) is 13.8. The normalized spacial score (nSPS) is 10.0. The summed E-state index contributed by atoms with van der Waals surface area (Å²) in [5.74, 6) is -0.686. The predicted octanol–water partition coefficient (Wildman–Crippen LogP) is 3.52. The van der Waals surface area contributed by atoms with Gasteiger partial charge in [-0.25, -0.2) is 0 Å². The molecule has 0 radical (unpaired) electrons. The highest BCUT2D eigenvalue weighted by Crippen LogP contribution is 2.27. The Bertz CT molecular complexity index is 820. The summed E-state index contributed by atoms with van der Waals surface area (Å²) in [5.41, 5.74) is 1.31. The third-order valence-electron chi connectivity index (χ3n) is 3.31. The highest BCUT2D eigenvalue weighted by Gasteiger charge is 2.13. The summed E-state index contributed by atoms with van der Waals surface area (Å²) in [6.07, 6.45) is -0.389. The number of ether oxygens (including phenoxy) is 1. The van der Waals surface area contributed by atoms with Crippen molar-refractivity contribution < 1.29 is 19.1 Å². The van der Waals surface area contributed by atoms with Gasteiger partial charge in [0.25, 0.3) is 0 Å². The minimum Gasteiger partial charge on any atom is -0.495 e. The van der Waals surface area contributed by atoms with E-state index in [9.17, 15) is 14.4 Å². The third kappa shape index (κ3) is 5.32. The number of carbonyl (C=O) groups excluding carboxylic acids is 3. The number of benzene rings is 2. The zero-order chi connectivity index (χ0) is 18.4. The fourth-order valence-electron chi connectivity index (χ4n) is 2.14. The molecule has 0 fully saturated rings. The number of amides is 2. The van der Waals surface area contributed by atoms with Gasteiger partial charge in [-0.3, -0.25) is 14.4 Å². The van der Waals surface area contributed by atoms with Crippen LogP contribution >= 0.6 is 11.6 Å². The second-order valence-electron chi connectivity index (χ2n) is 5.25. The Labute approximate surface area is 150 Å². The largest absolute Gasteiger partial charge is 0.495 e. The molecule has 2 aromatic carbocycles. The molecule has 6 nitrogen and oxygen atoms in total. The van der Waals surface area contributed by atoms with Gasteiger partial charge in [0, 0.05) is 16.3 Å². The Morgan fingerprint density at radius 1 is 1.04 bits per heavy atom. The van der Waals surface area contributed by atoms with Crippen LogP contribution in [0.2, 0.25) is 5.02 Å². The molecule has 0 heterocycles. The molecule has 0 saturated heterocycles. The summed E-state index contributed by atoms with van der Waals surface area (Å²) in [5, 5.41) is 5.60. The number of carbonyl (C=O) groups is 3. The molecule has 2 aromatic rings. The lowest BCUT2D eigenvalue weighted by atomic mass is 10.1. The van der Waals surface area contributed by atoms with Crippen molar-refractivity contribution in [2.45, 2.75) is 13.3 Å². The molecule has 0 saturated carbocycles. The number of anilines is 2. The van der Waals surface area contributed by atoms with Crippen LogP contribution in [0.5, 0.6) is 5.75 Å². The van der Waals surface area contributed by atoms with Crippen LogP contribution in [0.4, 0.5) is 11.4 Å². The van der Waals surface area contributed by atoms with Crippen molar-refractivity contribution in [2.75, 3.05) is 17.7 Å².